The van der Waals surface area contributed by atoms with Gasteiger partial charge < -0.3 is 15.4 Å². The van der Waals surface area contributed by atoms with E-state index in [4.69, 9.17) is 10.5 Å². The second kappa shape index (κ2) is 4.41. The number of rotatable bonds is 1. The van der Waals surface area contributed by atoms with Gasteiger partial charge in [-0.2, -0.15) is 0 Å². The second-order valence-corrected chi connectivity index (χ2v) is 5.83. The summed E-state index contributed by atoms with van der Waals surface area (Å²) < 4.78 is 5.77. The number of ether oxygens (including phenoxy) is 1. The Bertz CT molecular complexity index is 320. The fraction of sp³-hybridized carbons (Fsp3) is 0.917. The SMILES string of the molecule is CN(C)C(=O)C1(N)C2CCCOC2C1(C)C.Cl. The first-order valence-corrected chi connectivity index (χ1v) is 5.95. The third kappa shape index (κ3) is 1.69. The maximum Gasteiger partial charge on any atom is 0.243 e. The van der Waals surface area contributed by atoms with Crippen molar-refractivity contribution >= 4 is 18.3 Å². The molecule has 1 saturated carbocycles. The highest BCUT2D eigenvalue weighted by molar-refractivity contribution is 5.89. The van der Waals surface area contributed by atoms with Gasteiger partial charge in [0.25, 0.3) is 0 Å². The molecule has 4 nitrogen and oxygen atoms in total. The first-order valence-electron chi connectivity index (χ1n) is 5.95. The zero-order chi connectivity index (χ0) is 12.1. The van der Waals surface area contributed by atoms with Gasteiger partial charge in [-0.25, -0.2) is 0 Å². The van der Waals surface area contributed by atoms with E-state index in [-0.39, 0.29) is 35.8 Å². The molecule has 3 unspecified atom stereocenters. The first kappa shape index (κ1) is 14.7. The summed E-state index contributed by atoms with van der Waals surface area (Å²) in [6.07, 6.45) is 2.16. The lowest BCUT2D eigenvalue weighted by Crippen LogP contribution is -2.82. The normalized spacial score (nSPS) is 38.4. The number of hydrogen-bond acceptors (Lipinski definition) is 3. The predicted molar refractivity (Wildman–Crippen MR) is 69.1 cm³/mol. The largest absolute Gasteiger partial charge is 0.377 e. The van der Waals surface area contributed by atoms with Gasteiger partial charge in [-0.05, 0) is 12.8 Å². The number of nitrogens with zero attached hydrogens (tertiary/aromatic N) is 1. The molecule has 0 aromatic rings. The minimum Gasteiger partial charge on any atom is -0.377 e. The van der Waals surface area contributed by atoms with Gasteiger partial charge in [0.1, 0.15) is 5.54 Å². The van der Waals surface area contributed by atoms with Crippen LogP contribution in [-0.2, 0) is 9.53 Å². The van der Waals surface area contributed by atoms with Crippen molar-refractivity contribution in [2.45, 2.75) is 38.3 Å². The molecule has 0 radical (unpaired) electrons. The lowest BCUT2D eigenvalue weighted by molar-refractivity contribution is -0.229. The molecular weight excluding hydrogens is 240 g/mol. The zero-order valence-electron chi connectivity index (χ0n) is 11.0. The van der Waals surface area contributed by atoms with Crippen LogP contribution in [0.25, 0.3) is 0 Å². The van der Waals surface area contributed by atoms with Crippen LogP contribution in [0.4, 0.5) is 0 Å². The molecule has 0 aromatic heterocycles. The fourth-order valence-electron chi connectivity index (χ4n) is 3.38. The molecule has 1 amide bonds. The van der Waals surface area contributed by atoms with Gasteiger partial charge in [-0.1, -0.05) is 13.8 Å². The number of likely N-dealkylation sites (N-methyl/N-ethyl adjacent to an activating group) is 1. The summed E-state index contributed by atoms with van der Waals surface area (Å²) >= 11 is 0. The molecule has 1 aliphatic carbocycles. The molecule has 2 aliphatic rings. The quantitative estimate of drug-likeness (QED) is 0.768. The lowest BCUT2D eigenvalue weighted by atomic mass is 9.46. The van der Waals surface area contributed by atoms with Crippen molar-refractivity contribution < 1.29 is 9.53 Å². The molecular formula is C12H23ClN2O2. The average molecular weight is 263 g/mol. The Kier molecular flexibility index (Phi) is 3.82. The number of carbonyl (C=O) groups is 1. The second-order valence-electron chi connectivity index (χ2n) is 5.83. The molecule has 100 valence electrons. The Labute approximate surface area is 109 Å². The molecule has 2 N–H and O–H groups in total. The highest BCUT2D eigenvalue weighted by Crippen LogP contribution is 2.57. The van der Waals surface area contributed by atoms with Crippen LogP contribution in [0.5, 0.6) is 0 Å². The molecule has 5 heteroatoms. The Hall–Kier alpha value is -0.320. The monoisotopic (exact) mass is 262 g/mol. The van der Waals surface area contributed by atoms with E-state index in [1.807, 2.05) is 13.8 Å². The molecule has 17 heavy (non-hydrogen) atoms. The average Bonchev–Trinajstić information content (AvgIpc) is 2.26. The Balaban J connectivity index is 0.00000144. The van der Waals surface area contributed by atoms with Crippen molar-refractivity contribution in [3.05, 3.63) is 0 Å². The van der Waals surface area contributed by atoms with E-state index in [0.29, 0.717) is 0 Å². The van der Waals surface area contributed by atoms with E-state index < -0.39 is 5.54 Å². The molecule has 2 rings (SSSR count). The maximum atomic E-state index is 12.3. The molecule has 1 aliphatic heterocycles. The third-order valence-electron chi connectivity index (χ3n) is 4.44. The van der Waals surface area contributed by atoms with Crippen molar-refractivity contribution in [3.63, 3.8) is 0 Å². The van der Waals surface area contributed by atoms with Crippen LogP contribution in [-0.4, -0.2) is 43.2 Å². The minimum absolute atomic E-state index is 0. The van der Waals surface area contributed by atoms with Gasteiger partial charge in [0.15, 0.2) is 0 Å². The van der Waals surface area contributed by atoms with Crippen LogP contribution in [0.2, 0.25) is 0 Å². The summed E-state index contributed by atoms with van der Waals surface area (Å²) in [6.45, 7) is 4.89. The van der Waals surface area contributed by atoms with Crippen LogP contribution < -0.4 is 5.73 Å². The number of carbonyl (C=O) groups excluding carboxylic acids is 1. The summed E-state index contributed by atoms with van der Waals surface area (Å²) in [6, 6.07) is 0. The minimum atomic E-state index is -0.748. The zero-order valence-corrected chi connectivity index (χ0v) is 11.8. The number of halogens is 1. The third-order valence-corrected chi connectivity index (χ3v) is 4.44. The summed E-state index contributed by atoms with van der Waals surface area (Å²) in [7, 11) is 3.54. The van der Waals surface area contributed by atoms with E-state index in [2.05, 4.69) is 0 Å². The van der Waals surface area contributed by atoms with Crippen LogP contribution >= 0.6 is 12.4 Å². The van der Waals surface area contributed by atoms with Gasteiger partial charge >= 0.3 is 0 Å². The Morgan fingerprint density at radius 1 is 1.41 bits per heavy atom. The summed E-state index contributed by atoms with van der Waals surface area (Å²) in [5.41, 5.74) is 5.40. The molecule has 1 saturated heterocycles. The van der Waals surface area contributed by atoms with Gasteiger partial charge in [-0.3, -0.25) is 4.79 Å². The summed E-state index contributed by atoms with van der Waals surface area (Å²) in [4.78, 5) is 13.9. The van der Waals surface area contributed by atoms with Crippen molar-refractivity contribution in [2.24, 2.45) is 17.1 Å². The molecule has 1 heterocycles. The molecule has 0 spiro atoms. The van der Waals surface area contributed by atoms with Crippen molar-refractivity contribution in [3.8, 4) is 0 Å². The van der Waals surface area contributed by atoms with Crippen LogP contribution in [0, 0.1) is 11.3 Å². The standard InChI is InChI=1S/C12H22N2O2.ClH/c1-11(2)9-8(6-5-7-16-9)12(11,13)10(15)14(3)4;/h8-9H,5-7,13H2,1-4H3;1H. The van der Waals surface area contributed by atoms with Gasteiger partial charge in [0, 0.05) is 32.0 Å². The predicted octanol–water partition coefficient (Wildman–Crippen LogP) is 1.03. The van der Waals surface area contributed by atoms with Crippen LogP contribution in [0.1, 0.15) is 26.7 Å². The smallest absolute Gasteiger partial charge is 0.243 e. The van der Waals surface area contributed by atoms with Gasteiger partial charge in [0.2, 0.25) is 5.91 Å². The summed E-state index contributed by atoms with van der Waals surface area (Å²) in [5.74, 6) is 0.218. The summed E-state index contributed by atoms with van der Waals surface area (Å²) in [5, 5.41) is 0. The van der Waals surface area contributed by atoms with E-state index >= 15 is 0 Å². The van der Waals surface area contributed by atoms with Gasteiger partial charge in [-0.15, -0.1) is 12.4 Å². The van der Waals surface area contributed by atoms with E-state index in [1.54, 1.807) is 19.0 Å². The molecule has 3 atom stereocenters. The van der Waals surface area contributed by atoms with Gasteiger partial charge in [0.05, 0.1) is 6.10 Å². The van der Waals surface area contributed by atoms with Crippen molar-refractivity contribution in [1.29, 1.82) is 0 Å². The molecule has 0 aromatic carbocycles. The van der Waals surface area contributed by atoms with E-state index in [0.717, 1.165) is 19.4 Å². The highest BCUT2D eigenvalue weighted by Gasteiger charge is 2.70. The number of fused-ring (bicyclic) bond motifs is 1. The number of hydrogen-bond donors (Lipinski definition) is 1. The lowest BCUT2D eigenvalue weighted by Gasteiger charge is -2.65. The van der Waals surface area contributed by atoms with Crippen molar-refractivity contribution in [2.75, 3.05) is 20.7 Å². The highest BCUT2D eigenvalue weighted by atomic mass is 35.5. The number of amides is 1. The Morgan fingerprint density at radius 3 is 2.53 bits per heavy atom. The number of nitrogens with two attached hydrogens (primary N) is 1. The van der Waals surface area contributed by atoms with E-state index in [1.165, 1.54) is 0 Å². The topological polar surface area (TPSA) is 55.6 Å². The van der Waals surface area contributed by atoms with E-state index in [9.17, 15) is 4.79 Å². The first-order chi connectivity index (χ1) is 7.33. The molecule has 2 fully saturated rings. The van der Waals surface area contributed by atoms with Crippen molar-refractivity contribution in [1.82, 2.24) is 4.90 Å². The van der Waals surface area contributed by atoms with Crippen LogP contribution in [0.15, 0.2) is 0 Å². The Morgan fingerprint density at radius 2 is 2.00 bits per heavy atom. The maximum absolute atomic E-state index is 12.3. The molecule has 0 bridgehead atoms. The van der Waals surface area contributed by atoms with Crippen LogP contribution in [0.3, 0.4) is 0 Å². The fourth-order valence-corrected chi connectivity index (χ4v) is 3.38.